The van der Waals surface area contributed by atoms with Crippen LogP contribution in [0.2, 0.25) is 0 Å². The van der Waals surface area contributed by atoms with Crippen molar-refractivity contribution >= 4 is 5.91 Å². The molecule has 2 atom stereocenters. The van der Waals surface area contributed by atoms with Gasteiger partial charge in [-0.25, -0.2) is 4.98 Å². The molecule has 0 radical (unpaired) electrons. The Morgan fingerprint density at radius 2 is 2.18 bits per heavy atom. The largest absolute Gasteiger partial charge is 0.475 e. The van der Waals surface area contributed by atoms with Crippen molar-refractivity contribution < 1.29 is 14.3 Å². The van der Waals surface area contributed by atoms with Gasteiger partial charge in [-0.3, -0.25) is 4.79 Å². The molecule has 1 fully saturated rings. The number of carbonyl (C=O) groups is 1. The van der Waals surface area contributed by atoms with Crippen LogP contribution in [0.15, 0.2) is 18.3 Å². The highest BCUT2D eigenvalue weighted by atomic mass is 16.5. The maximum Gasteiger partial charge on any atom is 0.259 e. The first-order chi connectivity index (χ1) is 10.5. The second-order valence-corrected chi connectivity index (χ2v) is 5.92. The van der Waals surface area contributed by atoms with Gasteiger partial charge < -0.3 is 19.3 Å². The number of amides is 1. The maximum absolute atomic E-state index is 12.8. The summed E-state index contributed by atoms with van der Waals surface area (Å²) in [5.74, 6) is 0.815. The number of rotatable bonds is 6. The topological polar surface area (TPSA) is 54.9 Å². The van der Waals surface area contributed by atoms with E-state index in [2.05, 4.69) is 30.9 Å². The average Bonchev–Trinajstić information content (AvgIpc) is 2.89. The van der Waals surface area contributed by atoms with E-state index in [-0.39, 0.29) is 5.91 Å². The van der Waals surface area contributed by atoms with Gasteiger partial charge in [0, 0.05) is 32.4 Å². The second-order valence-electron chi connectivity index (χ2n) is 5.92. The SMILES string of the molecule is COCCOc1ncccc1C(=O)N1C[C@@H](C)[C@H](N(C)C)C1. The van der Waals surface area contributed by atoms with Crippen molar-refractivity contribution in [3.8, 4) is 5.88 Å². The fourth-order valence-electron chi connectivity index (χ4n) is 2.85. The fraction of sp³-hybridized carbons (Fsp3) is 0.625. The first-order valence-electron chi connectivity index (χ1n) is 7.57. The average molecular weight is 307 g/mol. The molecule has 1 aromatic rings. The van der Waals surface area contributed by atoms with E-state index in [9.17, 15) is 4.79 Å². The molecule has 2 rings (SSSR count). The minimum Gasteiger partial charge on any atom is -0.475 e. The van der Waals surface area contributed by atoms with Gasteiger partial charge in [0.1, 0.15) is 12.2 Å². The van der Waals surface area contributed by atoms with Crippen molar-refractivity contribution in [2.24, 2.45) is 5.92 Å². The number of likely N-dealkylation sites (N-methyl/N-ethyl adjacent to an activating group) is 1. The van der Waals surface area contributed by atoms with E-state index in [1.165, 1.54) is 0 Å². The molecule has 0 spiro atoms. The molecule has 0 aliphatic carbocycles. The highest BCUT2D eigenvalue weighted by Crippen LogP contribution is 2.24. The summed E-state index contributed by atoms with van der Waals surface area (Å²) in [6, 6.07) is 3.92. The summed E-state index contributed by atoms with van der Waals surface area (Å²) < 4.78 is 10.5. The van der Waals surface area contributed by atoms with Crippen molar-refractivity contribution in [1.29, 1.82) is 0 Å². The smallest absolute Gasteiger partial charge is 0.259 e. The van der Waals surface area contributed by atoms with E-state index in [1.807, 2.05) is 4.90 Å². The highest BCUT2D eigenvalue weighted by molar-refractivity contribution is 5.96. The summed E-state index contributed by atoms with van der Waals surface area (Å²) in [5.41, 5.74) is 0.519. The van der Waals surface area contributed by atoms with E-state index < -0.39 is 0 Å². The van der Waals surface area contributed by atoms with Crippen molar-refractivity contribution in [2.45, 2.75) is 13.0 Å². The van der Waals surface area contributed by atoms with Crippen molar-refractivity contribution in [1.82, 2.24) is 14.8 Å². The Kier molecular flexibility index (Phi) is 5.74. The van der Waals surface area contributed by atoms with Crippen LogP contribution in [0.3, 0.4) is 0 Å². The number of methoxy groups -OCH3 is 1. The predicted molar refractivity (Wildman–Crippen MR) is 84.2 cm³/mol. The Balaban J connectivity index is 2.10. The number of likely N-dealkylation sites (tertiary alicyclic amines) is 1. The van der Waals surface area contributed by atoms with Crippen LogP contribution in [0, 0.1) is 5.92 Å². The van der Waals surface area contributed by atoms with Gasteiger partial charge in [0.15, 0.2) is 0 Å². The molecule has 6 heteroatoms. The molecule has 0 saturated carbocycles. The van der Waals surface area contributed by atoms with Gasteiger partial charge in [0.25, 0.3) is 5.91 Å². The molecule has 1 saturated heterocycles. The Hall–Kier alpha value is -1.66. The molecule has 2 heterocycles. The van der Waals surface area contributed by atoms with Crippen LogP contribution >= 0.6 is 0 Å². The summed E-state index contributed by atoms with van der Waals surface area (Å²) in [5, 5.41) is 0. The zero-order chi connectivity index (χ0) is 16.1. The Morgan fingerprint density at radius 3 is 2.82 bits per heavy atom. The standard InChI is InChI=1S/C16H25N3O3/c1-12-10-19(11-14(12)18(2)3)16(20)13-6-5-7-17-15(13)22-9-8-21-4/h5-7,12,14H,8-11H2,1-4H3/t12-,14-/m1/s1. The molecule has 1 aliphatic heterocycles. The summed E-state index contributed by atoms with van der Waals surface area (Å²) in [6.07, 6.45) is 1.63. The van der Waals surface area contributed by atoms with Gasteiger partial charge in [-0.15, -0.1) is 0 Å². The number of hydrogen-bond acceptors (Lipinski definition) is 5. The summed E-state index contributed by atoms with van der Waals surface area (Å²) in [6.45, 7) is 4.52. The molecule has 22 heavy (non-hydrogen) atoms. The van der Waals surface area contributed by atoms with Gasteiger partial charge in [-0.05, 0) is 32.1 Å². The third kappa shape index (κ3) is 3.75. The molecule has 0 unspecified atom stereocenters. The first-order valence-corrected chi connectivity index (χ1v) is 7.57. The predicted octanol–water partition coefficient (Wildman–Crippen LogP) is 1.13. The summed E-state index contributed by atoms with van der Waals surface area (Å²) in [7, 11) is 5.72. The Bertz CT molecular complexity index is 507. The summed E-state index contributed by atoms with van der Waals surface area (Å²) in [4.78, 5) is 21.0. The lowest BCUT2D eigenvalue weighted by Gasteiger charge is -2.22. The Morgan fingerprint density at radius 1 is 1.41 bits per heavy atom. The van der Waals surface area contributed by atoms with Gasteiger partial charge in [0.2, 0.25) is 5.88 Å². The van der Waals surface area contributed by atoms with Crippen LogP contribution in [0.4, 0.5) is 0 Å². The number of nitrogens with zero attached hydrogens (tertiary/aromatic N) is 3. The monoisotopic (exact) mass is 307 g/mol. The minimum atomic E-state index is -0.0169. The van der Waals surface area contributed by atoms with E-state index >= 15 is 0 Å². The van der Waals surface area contributed by atoms with Crippen molar-refractivity contribution in [3.05, 3.63) is 23.9 Å². The quantitative estimate of drug-likeness (QED) is 0.738. The van der Waals surface area contributed by atoms with E-state index in [0.717, 1.165) is 13.1 Å². The molecule has 1 amide bonds. The van der Waals surface area contributed by atoms with E-state index in [1.54, 1.807) is 25.4 Å². The number of pyridine rings is 1. The van der Waals surface area contributed by atoms with Gasteiger partial charge >= 0.3 is 0 Å². The number of aromatic nitrogens is 1. The second kappa shape index (κ2) is 7.56. The third-order valence-corrected chi connectivity index (χ3v) is 4.05. The number of ether oxygens (including phenoxy) is 2. The van der Waals surface area contributed by atoms with Crippen LogP contribution in [0.1, 0.15) is 17.3 Å². The third-order valence-electron chi connectivity index (χ3n) is 4.05. The lowest BCUT2D eigenvalue weighted by molar-refractivity contribution is 0.0772. The molecule has 0 bridgehead atoms. The first kappa shape index (κ1) is 16.7. The Labute approximate surface area is 132 Å². The van der Waals surface area contributed by atoms with E-state index in [4.69, 9.17) is 9.47 Å². The summed E-state index contributed by atoms with van der Waals surface area (Å²) >= 11 is 0. The van der Waals surface area contributed by atoms with Crippen LogP contribution in [0.25, 0.3) is 0 Å². The van der Waals surface area contributed by atoms with Crippen LogP contribution in [-0.2, 0) is 4.74 Å². The molecular weight excluding hydrogens is 282 g/mol. The van der Waals surface area contributed by atoms with Gasteiger partial charge in [-0.1, -0.05) is 6.92 Å². The number of hydrogen-bond donors (Lipinski definition) is 0. The lowest BCUT2D eigenvalue weighted by Crippen LogP contribution is -2.36. The van der Waals surface area contributed by atoms with Crippen LogP contribution < -0.4 is 4.74 Å². The molecular formula is C16H25N3O3. The van der Waals surface area contributed by atoms with Crippen LogP contribution in [0.5, 0.6) is 5.88 Å². The van der Waals surface area contributed by atoms with E-state index in [0.29, 0.717) is 36.6 Å². The normalized spacial score (nSPS) is 21.4. The van der Waals surface area contributed by atoms with Gasteiger partial charge in [-0.2, -0.15) is 0 Å². The van der Waals surface area contributed by atoms with Crippen LogP contribution in [-0.4, -0.2) is 74.2 Å². The molecule has 0 aromatic carbocycles. The molecule has 1 aromatic heterocycles. The maximum atomic E-state index is 12.8. The zero-order valence-electron chi connectivity index (χ0n) is 13.8. The number of carbonyl (C=O) groups excluding carboxylic acids is 1. The zero-order valence-corrected chi connectivity index (χ0v) is 13.8. The lowest BCUT2D eigenvalue weighted by atomic mass is 10.1. The van der Waals surface area contributed by atoms with Crippen molar-refractivity contribution in [3.63, 3.8) is 0 Å². The van der Waals surface area contributed by atoms with Crippen molar-refractivity contribution in [2.75, 3.05) is 47.5 Å². The molecule has 0 N–H and O–H groups in total. The highest BCUT2D eigenvalue weighted by Gasteiger charge is 2.34. The molecule has 1 aliphatic rings. The molecule has 6 nitrogen and oxygen atoms in total. The van der Waals surface area contributed by atoms with Gasteiger partial charge in [0.05, 0.1) is 6.61 Å². The minimum absolute atomic E-state index is 0.0169. The fourth-order valence-corrected chi connectivity index (χ4v) is 2.85. The molecule has 122 valence electrons.